The maximum atomic E-state index is 14.1. The first-order valence-corrected chi connectivity index (χ1v) is 17.1. The highest BCUT2D eigenvalue weighted by Crippen LogP contribution is 2.21. The number of aliphatic hydroxyl groups is 1. The molecule has 5 atom stereocenters. The fraction of sp³-hybridized carbons (Fsp3) is 0.455. The molecule has 5 amide bonds. The molecule has 1 heterocycles. The van der Waals surface area contributed by atoms with Crippen molar-refractivity contribution in [3.05, 3.63) is 71.8 Å². The summed E-state index contributed by atoms with van der Waals surface area (Å²) in [5, 5.41) is 29.1. The van der Waals surface area contributed by atoms with E-state index in [1.807, 2.05) is 12.3 Å². The number of hydrogen-bond donors (Lipinski definition) is 7. The molecule has 0 aromatic heterocycles. The Bertz CT molecular complexity index is 1400. The molecule has 1 fully saturated rings. The first-order chi connectivity index (χ1) is 23.0. The molecule has 0 radical (unpaired) electrons. The van der Waals surface area contributed by atoms with Crippen LogP contribution in [0.15, 0.2) is 60.7 Å². The van der Waals surface area contributed by atoms with E-state index in [0.29, 0.717) is 18.6 Å². The highest BCUT2D eigenvalue weighted by molar-refractivity contribution is 7.98. The number of nitrogens with one attached hydrogen (secondary N) is 4. The molecule has 14 nitrogen and oxygen atoms in total. The zero-order valence-corrected chi connectivity index (χ0v) is 27.6. The molecule has 1 saturated heterocycles. The molecule has 2 aromatic carbocycles. The molecule has 48 heavy (non-hydrogen) atoms. The van der Waals surface area contributed by atoms with Gasteiger partial charge in [0.25, 0.3) is 0 Å². The molecule has 8 N–H and O–H groups in total. The summed E-state index contributed by atoms with van der Waals surface area (Å²) >= 11 is 1.45. The van der Waals surface area contributed by atoms with Crippen molar-refractivity contribution in [1.29, 1.82) is 0 Å². The van der Waals surface area contributed by atoms with E-state index in [1.54, 1.807) is 54.6 Å². The van der Waals surface area contributed by atoms with Crippen LogP contribution in [0, 0.1) is 0 Å². The Morgan fingerprint density at radius 1 is 0.875 bits per heavy atom. The molecule has 2 aromatic rings. The standard InChI is InChI=1S/C33H44N6O8S/c1-48-16-14-24(36-28(41)19-35-29(42)23(34)20-40)30(43)37-25(17-21-9-4-2-5-10-21)32(45)39-15-8-13-27(39)31(44)38-26(33(46)47)18-22-11-6-3-7-12-22/h2-7,9-12,23-27,40H,8,13-20,34H2,1H3,(H,35,42)(H,36,41)(H,37,43)(H,38,44)(H,46,47)/t23-,24-,25-,26-,27-/m0/s1. The topological polar surface area (TPSA) is 220 Å². The van der Waals surface area contributed by atoms with Gasteiger partial charge in [0.1, 0.15) is 30.2 Å². The van der Waals surface area contributed by atoms with Crippen molar-refractivity contribution in [2.45, 2.75) is 62.3 Å². The highest BCUT2D eigenvalue weighted by atomic mass is 32.2. The molecule has 0 spiro atoms. The number of rotatable bonds is 18. The van der Waals surface area contributed by atoms with E-state index in [-0.39, 0.29) is 25.8 Å². The van der Waals surface area contributed by atoms with Crippen LogP contribution in [0.25, 0.3) is 0 Å². The predicted molar refractivity (Wildman–Crippen MR) is 180 cm³/mol. The van der Waals surface area contributed by atoms with E-state index in [9.17, 15) is 33.9 Å². The second-order valence-corrected chi connectivity index (χ2v) is 12.4. The number of carboxylic acid groups (broad SMARTS) is 1. The maximum Gasteiger partial charge on any atom is 0.326 e. The average Bonchev–Trinajstić information content (AvgIpc) is 3.59. The molecular weight excluding hydrogens is 640 g/mol. The van der Waals surface area contributed by atoms with Gasteiger partial charge in [0.15, 0.2) is 0 Å². The fourth-order valence-corrected chi connectivity index (χ4v) is 5.75. The first-order valence-electron chi connectivity index (χ1n) is 15.7. The van der Waals surface area contributed by atoms with Crippen molar-refractivity contribution in [2.75, 3.05) is 31.7 Å². The Labute approximate surface area is 283 Å². The van der Waals surface area contributed by atoms with Gasteiger partial charge >= 0.3 is 5.97 Å². The van der Waals surface area contributed by atoms with E-state index in [0.717, 1.165) is 11.1 Å². The molecular formula is C33H44N6O8S. The van der Waals surface area contributed by atoms with E-state index in [4.69, 9.17) is 10.8 Å². The third kappa shape index (κ3) is 11.6. The third-order valence-corrected chi connectivity index (χ3v) is 8.50. The number of likely N-dealkylation sites (tertiary alicyclic amines) is 1. The van der Waals surface area contributed by atoms with Crippen molar-refractivity contribution < 1.29 is 39.0 Å². The van der Waals surface area contributed by atoms with Crippen LogP contribution in [0.5, 0.6) is 0 Å². The van der Waals surface area contributed by atoms with Crippen molar-refractivity contribution >= 4 is 47.3 Å². The Morgan fingerprint density at radius 3 is 2.04 bits per heavy atom. The van der Waals surface area contributed by atoms with Crippen LogP contribution in [-0.4, -0.2) is 113 Å². The Hall–Kier alpha value is -4.47. The number of aliphatic carboxylic acids is 1. The summed E-state index contributed by atoms with van der Waals surface area (Å²) in [4.78, 5) is 79.1. The summed E-state index contributed by atoms with van der Waals surface area (Å²) in [6, 6.07) is 12.4. The molecule has 1 aliphatic rings. The lowest BCUT2D eigenvalue weighted by molar-refractivity contribution is -0.145. The Kier molecular flexibility index (Phi) is 15.3. The van der Waals surface area contributed by atoms with Crippen LogP contribution in [0.2, 0.25) is 0 Å². The number of carbonyl (C=O) groups excluding carboxylic acids is 5. The summed E-state index contributed by atoms with van der Waals surface area (Å²) in [6.07, 6.45) is 3.05. The smallest absolute Gasteiger partial charge is 0.326 e. The van der Waals surface area contributed by atoms with Crippen LogP contribution in [0.3, 0.4) is 0 Å². The Morgan fingerprint density at radius 2 is 1.48 bits per heavy atom. The molecule has 260 valence electrons. The number of carbonyl (C=O) groups is 6. The Balaban J connectivity index is 1.76. The average molecular weight is 685 g/mol. The number of aliphatic hydroxyl groups excluding tert-OH is 1. The minimum Gasteiger partial charge on any atom is -0.480 e. The normalized spacial score (nSPS) is 16.6. The minimum absolute atomic E-state index is 0.0658. The second kappa shape index (κ2) is 19.4. The number of benzene rings is 2. The lowest BCUT2D eigenvalue weighted by Crippen LogP contribution is -2.58. The van der Waals surface area contributed by atoms with Gasteiger partial charge in [0.05, 0.1) is 13.2 Å². The van der Waals surface area contributed by atoms with Crippen LogP contribution in [-0.2, 0) is 41.6 Å². The molecule has 15 heteroatoms. The lowest BCUT2D eigenvalue weighted by atomic mass is 10.0. The summed E-state index contributed by atoms with van der Waals surface area (Å²) < 4.78 is 0. The number of carboxylic acids is 1. The largest absolute Gasteiger partial charge is 0.480 e. The van der Waals surface area contributed by atoms with Crippen molar-refractivity contribution in [1.82, 2.24) is 26.2 Å². The zero-order valence-electron chi connectivity index (χ0n) is 26.8. The van der Waals surface area contributed by atoms with Gasteiger partial charge in [-0.2, -0.15) is 11.8 Å². The van der Waals surface area contributed by atoms with Crippen LogP contribution < -0.4 is 27.0 Å². The molecule has 0 bridgehead atoms. The van der Waals surface area contributed by atoms with Gasteiger partial charge in [-0.3, -0.25) is 24.0 Å². The number of nitrogens with two attached hydrogens (primary N) is 1. The van der Waals surface area contributed by atoms with Gasteiger partial charge in [-0.15, -0.1) is 0 Å². The van der Waals surface area contributed by atoms with E-state index < -0.39 is 78.9 Å². The fourth-order valence-electron chi connectivity index (χ4n) is 5.27. The molecule has 0 aliphatic carbocycles. The lowest BCUT2D eigenvalue weighted by Gasteiger charge is -2.30. The van der Waals surface area contributed by atoms with Gasteiger partial charge in [-0.1, -0.05) is 60.7 Å². The monoisotopic (exact) mass is 684 g/mol. The van der Waals surface area contributed by atoms with Crippen LogP contribution in [0.1, 0.15) is 30.4 Å². The number of amides is 5. The predicted octanol–water partition coefficient (Wildman–Crippen LogP) is -0.809. The van der Waals surface area contributed by atoms with Crippen LogP contribution >= 0.6 is 11.8 Å². The third-order valence-electron chi connectivity index (χ3n) is 7.85. The summed E-state index contributed by atoms with van der Waals surface area (Å²) in [5.74, 6) is -3.84. The molecule has 3 rings (SSSR count). The summed E-state index contributed by atoms with van der Waals surface area (Å²) in [7, 11) is 0. The molecule has 1 aliphatic heterocycles. The maximum absolute atomic E-state index is 14.1. The number of hydrogen-bond acceptors (Lipinski definition) is 9. The van der Waals surface area contributed by atoms with Crippen molar-refractivity contribution in [3.63, 3.8) is 0 Å². The highest BCUT2D eigenvalue weighted by Gasteiger charge is 2.39. The van der Waals surface area contributed by atoms with Crippen molar-refractivity contribution in [3.8, 4) is 0 Å². The number of nitrogens with zero attached hydrogens (tertiary/aromatic N) is 1. The zero-order chi connectivity index (χ0) is 35.1. The second-order valence-electron chi connectivity index (χ2n) is 11.4. The van der Waals surface area contributed by atoms with Crippen LogP contribution in [0.4, 0.5) is 0 Å². The van der Waals surface area contributed by atoms with Gasteiger partial charge in [0.2, 0.25) is 29.5 Å². The summed E-state index contributed by atoms with van der Waals surface area (Å²) in [6.45, 7) is -0.846. The quantitative estimate of drug-likeness (QED) is 0.104. The van der Waals surface area contributed by atoms with Crippen molar-refractivity contribution in [2.24, 2.45) is 5.73 Å². The van der Waals surface area contributed by atoms with E-state index in [1.165, 1.54) is 16.7 Å². The molecule has 0 unspecified atom stereocenters. The summed E-state index contributed by atoms with van der Waals surface area (Å²) in [5.41, 5.74) is 6.94. The SMILES string of the molecule is CSCC[C@H](NC(=O)CNC(=O)[C@@H](N)CO)C(=O)N[C@@H](Cc1ccccc1)C(=O)N1CCC[C@H]1C(=O)N[C@@H](Cc1ccccc1)C(=O)O. The molecule has 0 saturated carbocycles. The minimum atomic E-state index is -1.21. The van der Waals surface area contributed by atoms with Gasteiger partial charge < -0.3 is 42.1 Å². The van der Waals surface area contributed by atoms with E-state index in [2.05, 4.69) is 21.3 Å². The van der Waals surface area contributed by atoms with Gasteiger partial charge in [-0.05, 0) is 42.4 Å². The van der Waals surface area contributed by atoms with Gasteiger partial charge in [0, 0.05) is 19.4 Å². The van der Waals surface area contributed by atoms with E-state index >= 15 is 0 Å². The van der Waals surface area contributed by atoms with Gasteiger partial charge in [-0.25, -0.2) is 4.79 Å². The first kappa shape index (κ1) is 38.0. The number of thioether (sulfide) groups is 1.